The third kappa shape index (κ3) is 4.73. The number of allylic oxidation sites excluding steroid dienone is 1. The van der Waals surface area contributed by atoms with Crippen LogP contribution in [0.5, 0.6) is 0 Å². The van der Waals surface area contributed by atoms with E-state index in [0.717, 1.165) is 12.8 Å². The maximum atomic E-state index is 4.41. The minimum Gasteiger partial charge on any atom is -0.293 e. The van der Waals surface area contributed by atoms with Crippen LogP contribution >= 0.6 is 0 Å². The van der Waals surface area contributed by atoms with Gasteiger partial charge in [-0.2, -0.15) is 0 Å². The molecule has 0 radical (unpaired) electrons. The standard InChI is InChI=1S/C14H24N2/c1-15-12-13-10-8-6-4-3-5-7-9-11-14(13)16-2/h12H,1,3-11H2,2H3/b13-12-,16-14?. The molecule has 16 heavy (non-hydrogen) atoms. The Bertz CT molecular complexity index is 264. The zero-order valence-electron chi connectivity index (χ0n) is 10.5. The van der Waals surface area contributed by atoms with E-state index in [4.69, 9.17) is 0 Å². The monoisotopic (exact) mass is 220 g/mol. The summed E-state index contributed by atoms with van der Waals surface area (Å²) in [7, 11) is 1.89. The average Bonchev–Trinajstić information content (AvgIpc) is 2.35. The van der Waals surface area contributed by atoms with Gasteiger partial charge in [-0.05, 0) is 38.0 Å². The molecule has 2 nitrogen and oxygen atoms in total. The zero-order valence-corrected chi connectivity index (χ0v) is 10.5. The topological polar surface area (TPSA) is 24.7 Å². The summed E-state index contributed by atoms with van der Waals surface area (Å²) in [5.41, 5.74) is 2.55. The van der Waals surface area contributed by atoms with Gasteiger partial charge < -0.3 is 0 Å². The fraction of sp³-hybridized carbons (Fsp3) is 0.714. The fourth-order valence-corrected chi connectivity index (χ4v) is 2.30. The van der Waals surface area contributed by atoms with Gasteiger partial charge in [-0.15, -0.1) is 0 Å². The Labute approximate surface area is 99.6 Å². The van der Waals surface area contributed by atoms with Gasteiger partial charge in [0.2, 0.25) is 0 Å². The van der Waals surface area contributed by atoms with Gasteiger partial charge in [0.1, 0.15) is 0 Å². The van der Waals surface area contributed by atoms with Crippen LogP contribution in [0.4, 0.5) is 0 Å². The van der Waals surface area contributed by atoms with Crippen molar-refractivity contribution in [2.75, 3.05) is 7.05 Å². The molecule has 1 aliphatic rings. The highest BCUT2D eigenvalue weighted by atomic mass is 14.7. The Kier molecular flexibility index (Phi) is 6.78. The summed E-state index contributed by atoms with van der Waals surface area (Å²) in [5.74, 6) is 0. The van der Waals surface area contributed by atoms with E-state index in [1.165, 1.54) is 56.2 Å². The molecule has 0 aromatic heterocycles. The van der Waals surface area contributed by atoms with Gasteiger partial charge >= 0.3 is 0 Å². The summed E-state index contributed by atoms with van der Waals surface area (Å²) in [4.78, 5) is 8.33. The smallest absolute Gasteiger partial charge is 0.0392 e. The lowest BCUT2D eigenvalue weighted by Gasteiger charge is -2.08. The van der Waals surface area contributed by atoms with Crippen molar-refractivity contribution < 1.29 is 0 Å². The first-order chi connectivity index (χ1) is 7.88. The van der Waals surface area contributed by atoms with E-state index >= 15 is 0 Å². The first kappa shape index (κ1) is 13.1. The molecule has 0 heterocycles. The summed E-state index contributed by atoms with van der Waals surface area (Å²) in [6.07, 6.45) is 13.5. The predicted molar refractivity (Wildman–Crippen MR) is 72.5 cm³/mol. The van der Waals surface area contributed by atoms with Crippen LogP contribution in [0.1, 0.15) is 57.8 Å². The zero-order chi connectivity index (χ0) is 11.6. The van der Waals surface area contributed by atoms with Gasteiger partial charge in [-0.1, -0.05) is 32.1 Å². The van der Waals surface area contributed by atoms with Gasteiger partial charge in [0.25, 0.3) is 0 Å². The number of rotatable bonds is 1. The molecule has 0 unspecified atom stereocenters. The highest BCUT2D eigenvalue weighted by Crippen LogP contribution is 2.19. The van der Waals surface area contributed by atoms with E-state index < -0.39 is 0 Å². The Hall–Kier alpha value is -0.920. The van der Waals surface area contributed by atoms with Crippen molar-refractivity contribution in [2.45, 2.75) is 57.8 Å². The summed E-state index contributed by atoms with van der Waals surface area (Å²) in [6, 6.07) is 0. The second-order valence-electron chi connectivity index (χ2n) is 4.48. The molecule has 0 aliphatic heterocycles. The molecular weight excluding hydrogens is 196 g/mol. The van der Waals surface area contributed by atoms with Crippen LogP contribution < -0.4 is 0 Å². The van der Waals surface area contributed by atoms with E-state index in [2.05, 4.69) is 16.7 Å². The minimum atomic E-state index is 1.11. The van der Waals surface area contributed by atoms with Crippen LogP contribution in [-0.2, 0) is 0 Å². The van der Waals surface area contributed by atoms with Crippen molar-refractivity contribution in [1.82, 2.24) is 0 Å². The normalized spacial score (nSPS) is 25.3. The number of nitrogens with zero attached hydrogens (tertiary/aromatic N) is 2. The van der Waals surface area contributed by atoms with Crippen LogP contribution in [0, 0.1) is 0 Å². The Morgan fingerprint density at radius 3 is 2.06 bits per heavy atom. The molecule has 0 saturated heterocycles. The van der Waals surface area contributed by atoms with Crippen LogP contribution in [0.15, 0.2) is 21.8 Å². The van der Waals surface area contributed by atoms with Crippen LogP contribution in [-0.4, -0.2) is 19.5 Å². The molecule has 0 aromatic carbocycles. The molecule has 0 spiro atoms. The Morgan fingerprint density at radius 2 is 1.50 bits per heavy atom. The van der Waals surface area contributed by atoms with Crippen LogP contribution in [0.3, 0.4) is 0 Å². The molecule has 0 amide bonds. The highest BCUT2D eigenvalue weighted by molar-refractivity contribution is 6.00. The lowest BCUT2D eigenvalue weighted by Crippen LogP contribution is -2.03. The molecule has 90 valence electrons. The van der Waals surface area contributed by atoms with Crippen LogP contribution in [0.2, 0.25) is 0 Å². The maximum Gasteiger partial charge on any atom is 0.0392 e. The highest BCUT2D eigenvalue weighted by Gasteiger charge is 2.07. The van der Waals surface area contributed by atoms with E-state index in [1.807, 2.05) is 13.2 Å². The second-order valence-corrected chi connectivity index (χ2v) is 4.48. The van der Waals surface area contributed by atoms with Gasteiger partial charge in [0, 0.05) is 19.0 Å². The first-order valence-corrected chi connectivity index (χ1v) is 6.49. The van der Waals surface area contributed by atoms with E-state index in [0.29, 0.717) is 0 Å². The Morgan fingerprint density at radius 1 is 0.938 bits per heavy atom. The summed E-state index contributed by atoms with van der Waals surface area (Å²) < 4.78 is 0. The number of hydrogen-bond acceptors (Lipinski definition) is 2. The third-order valence-corrected chi connectivity index (χ3v) is 3.25. The third-order valence-electron chi connectivity index (χ3n) is 3.25. The molecule has 1 saturated carbocycles. The molecule has 1 rings (SSSR count). The SMILES string of the molecule is C=N/C=C1/CCCCCCCCCC1=NC. The van der Waals surface area contributed by atoms with Gasteiger partial charge in [-0.3, -0.25) is 9.98 Å². The molecular formula is C14H24N2. The summed E-state index contributed by atoms with van der Waals surface area (Å²) in [6.45, 7) is 3.56. The van der Waals surface area contributed by atoms with Gasteiger partial charge in [-0.25, -0.2) is 0 Å². The number of hydrogen-bond donors (Lipinski definition) is 0. The maximum absolute atomic E-state index is 4.41. The predicted octanol–water partition coefficient (Wildman–Crippen LogP) is 4.17. The Balaban J connectivity index is 2.66. The molecule has 1 fully saturated rings. The largest absolute Gasteiger partial charge is 0.293 e. The number of aliphatic imine (C=N–C) groups is 2. The molecule has 1 aliphatic carbocycles. The van der Waals surface area contributed by atoms with E-state index in [1.54, 1.807) is 0 Å². The van der Waals surface area contributed by atoms with E-state index in [9.17, 15) is 0 Å². The van der Waals surface area contributed by atoms with E-state index in [-0.39, 0.29) is 0 Å². The molecule has 0 bridgehead atoms. The second kappa shape index (κ2) is 8.26. The van der Waals surface area contributed by atoms with Crippen molar-refractivity contribution >= 4 is 12.4 Å². The molecule has 0 N–H and O–H groups in total. The lowest BCUT2D eigenvalue weighted by molar-refractivity contribution is 0.591. The molecule has 0 aromatic rings. The molecule has 2 heteroatoms. The fourth-order valence-electron chi connectivity index (χ4n) is 2.30. The van der Waals surface area contributed by atoms with Crippen molar-refractivity contribution in [3.05, 3.63) is 11.8 Å². The quantitative estimate of drug-likeness (QED) is 0.593. The average molecular weight is 220 g/mol. The van der Waals surface area contributed by atoms with Crippen molar-refractivity contribution in [3.63, 3.8) is 0 Å². The van der Waals surface area contributed by atoms with Crippen molar-refractivity contribution in [1.29, 1.82) is 0 Å². The summed E-state index contributed by atoms with van der Waals surface area (Å²) in [5, 5.41) is 0. The van der Waals surface area contributed by atoms with Gasteiger partial charge in [0.15, 0.2) is 0 Å². The van der Waals surface area contributed by atoms with Crippen LogP contribution in [0.25, 0.3) is 0 Å². The lowest BCUT2D eigenvalue weighted by atomic mass is 10.0. The van der Waals surface area contributed by atoms with Crippen molar-refractivity contribution in [3.8, 4) is 0 Å². The van der Waals surface area contributed by atoms with Gasteiger partial charge in [0.05, 0.1) is 0 Å². The van der Waals surface area contributed by atoms with Crippen molar-refractivity contribution in [2.24, 2.45) is 9.98 Å². The molecule has 0 atom stereocenters. The first-order valence-electron chi connectivity index (χ1n) is 6.49. The minimum absolute atomic E-state index is 1.11. The summed E-state index contributed by atoms with van der Waals surface area (Å²) >= 11 is 0.